The number of amides is 1. The average molecular weight is 239 g/mol. The first kappa shape index (κ1) is 13.0. The van der Waals surface area contributed by atoms with E-state index in [-0.39, 0.29) is 5.91 Å². The average Bonchev–Trinajstić information content (AvgIpc) is 2.35. The van der Waals surface area contributed by atoms with Gasteiger partial charge in [-0.05, 0) is 11.6 Å². The van der Waals surface area contributed by atoms with Crippen LogP contribution >= 0.6 is 11.8 Å². The van der Waals surface area contributed by atoms with Crippen LogP contribution in [-0.2, 0) is 5.75 Å². The molecule has 0 fully saturated rings. The molecule has 0 saturated carbocycles. The molecule has 0 radical (unpaired) electrons. The van der Waals surface area contributed by atoms with E-state index < -0.39 is 0 Å². The summed E-state index contributed by atoms with van der Waals surface area (Å²) in [5, 5.41) is 0.383. The number of nitrogen functional groups attached to an aromatic ring is 1. The molecule has 1 amide bonds. The summed E-state index contributed by atoms with van der Waals surface area (Å²) >= 11 is 1.73. The van der Waals surface area contributed by atoms with Gasteiger partial charge in [0.1, 0.15) is 0 Å². The van der Waals surface area contributed by atoms with Gasteiger partial charge in [0.05, 0.1) is 0 Å². The van der Waals surface area contributed by atoms with Crippen LogP contribution in [0.2, 0.25) is 0 Å². The van der Waals surface area contributed by atoms with Crippen LogP contribution in [0.1, 0.15) is 22.8 Å². The Hall–Kier alpha value is -1.04. The van der Waals surface area contributed by atoms with Crippen LogP contribution in [0.4, 0.5) is 0 Å². The summed E-state index contributed by atoms with van der Waals surface area (Å²) in [6, 6.07) is 7.44. The van der Waals surface area contributed by atoms with Gasteiger partial charge in [-0.15, -0.1) is 0 Å². The molecule has 0 aliphatic heterocycles. The summed E-state index contributed by atoms with van der Waals surface area (Å²) in [5.41, 5.74) is 9.30. The SMILES string of the molecule is CC(CN)SCc1ccccc1C(=O)NN. The Morgan fingerprint density at radius 3 is 2.81 bits per heavy atom. The zero-order chi connectivity index (χ0) is 12.0. The van der Waals surface area contributed by atoms with Gasteiger partial charge in [0.25, 0.3) is 5.91 Å². The standard InChI is InChI=1S/C11H17N3OS/c1-8(6-12)16-7-9-4-2-3-5-10(9)11(15)14-13/h2-5,8H,6-7,12-13H2,1H3,(H,14,15). The Kier molecular flexibility index (Phi) is 5.31. The first-order valence-corrected chi connectivity index (χ1v) is 6.14. The quantitative estimate of drug-likeness (QED) is 0.404. The Balaban J connectivity index is 2.75. The number of hydrogen-bond donors (Lipinski definition) is 3. The van der Waals surface area contributed by atoms with Crippen molar-refractivity contribution in [3.05, 3.63) is 35.4 Å². The highest BCUT2D eigenvalue weighted by molar-refractivity contribution is 7.99. The number of hydrogen-bond acceptors (Lipinski definition) is 4. The fraction of sp³-hybridized carbons (Fsp3) is 0.364. The summed E-state index contributed by atoms with van der Waals surface area (Å²) in [6.45, 7) is 2.70. The third-order valence-corrected chi connectivity index (χ3v) is 3.49. The molecule has 1 unspecified atom stereocenters. The van der Waals surface area contributed by atoms with Gasteiger partial charge < -0.3 is 5.73 Å². The third kappa shape index (κ3) is 3.52. The lowest BCUT2D eigenvalue weighted by Gasteiger charge is -2.11. The van der Waals surface area contributed by atoms with E-state index in [1.165, 1.54) is 0 Å². The number of hydrazine groups is 1. The second-order valence-electron chi connectivity index (χ2n) is 3.49. The number of thioether (sulfide) groups is 1. The smallest absolute Gasteiger partial charge is 0.265 e. The Morgan fingerprint density at radius 1 is 1.50 bits per heavy atom. The number of carbonyl (C=O) groups is 1. The van der Waals surface area contributed by atoms with E-state index in [0.29, 0.717) is 17.4 Å². The molecule has 88 valence electrons. The molecule has 0 bridgehead atoms. The second-order valence-corrected chi connectivity index (χ2v) is 4.91. The van der Waals surface area contributed by atoms with E-state index in [2.05, 4.69) is 12.3 Å². The maximum atomic E-state index is 11.5. The van der Waals surface area contributed by atoms with Gasteiger partial charge in [-0.1, -0.05) is 25.1 Å². The molecule has 1 atom stereocenters. The van der Waals surface area contributed by atoms with Crippen molar-refractivity contribution in [1.29, 1.82) is 0 Å². The highest BCUT2D eigenvalue weighted by Gasteiger charge is 2.10. The van der Waals surface area contributed by atoms with Gasteiger partial charge >= 0.3 is 0 Å². The van der Waals surface area contributed by atoms with Crippen LogP contribution in [-0.4, -0.2) is 17.7 Å². The number of rotatable bonds is 5. The van der Waals surface area contributed by atoms with Crippen molar-refractivity contribution in [2.24, 2.45) is 11.6 Å². The van der Waals surface area contributed by atoms with Gasteiger partial charge in [-0.25, -0.2) is 5.84 Å². The molecule has 0 aliphatic rings. The normalized spacial score (nSPS) is 12.2. The minimum absolute atomic E-state index is 0.253. The molecule has 1 aromatic carbocycles. The lowest BCUT2D eigenvalue weighted by Crippen LogP contribution is -2.30. The first-order chi connectivity index (χ1) is 7.69. The predicted octanol–water partition coefficient (Wildman–Crippen LogP) is 0.871. The zero-order valence-corrected chi connectivity index (χ0v) is 10.1. The molecular formula is C11H17N3OS. The molecule has 0 saturated heterocycles. The summed E-state index contributed by atoms with van der Waals surface area (Å²) in [7, 11) is 0. The van der Waals surface area contributed by atoms with Crippen LogP contribution in [0.15, 0.2) is 24.3 Å². The van der Waals surface area contributed by atoms with Crippen LogP contribution in [0.25, 0.3) is 0 Å². The van der Waals surface area contributed by atoms with E-state index in [9.17, 15) is 4.79 Å². The Bertz CT molecular complexity index is 357. The largest absolute Gasteiger partial charge is 0.329 e. The number of nitrogens with one attached hydrogen (secondary N) is 1. The second kappa shape index (κ2) is 6.52. The van der Waals surface area contributed by atoms with Crippen molar-refractivity contribution < 1.29 is 4.79 Å². The molecule has 0 aromatic heterocycles. The maximum Gasteiger partial charge on any atom is 0.265 e. The minimum atomic E-state index is -0.253. The van der Waals surface area contributed by atoms with Crippen molar-refractivity contribution in [1.82, 2.24) is 5.43 Å². The Labute approximate surface area is 99.7 Å². The highest BCUT2D eigenvalue weighted by atomic mass is 32.2. The van der Waals surface area contributed by atoms with Gasteiger partial charge in [0.15, 0.2) is 0 Å². The predicted molar refractivity (Wildman–Crippen MR) is 67.9 cm³/mol. The fourth-order valence-electron chi connectivity index (χ4n) is 1.25. The monoisotopic (exact) mass is 239 g/mol. The Morgan fingerprint density at radius 2 is 2.19 bits per heavy atom. The van der Waals surface area contributed by atoms with Crippen molar-refractivity contribution in [3.8, 4) is 0 Å². The lowest BCUT2D eigenvalue weighted by molar-refractivity contribution is 0.0953. The third-order valence-electron chi connectivity index (χ3n) is 2.25. The topological polar surface area (TPSA) is 81.1 Å². The maximum absolute atomic E-state index is 11.5. The van der Waals surface area contributed by atoms with E-state index in [1.807, 2.05) is 18.2 Å². The van der Waals surface area contributed by atoms with Crippen LogP contribution in [0.5, 0.6) is 0 Å². The van der Waals surface area contributed by atoms with Gasteiger partial charge in [0, 0.05) is 23.1 Å². The molecule has 0 aliphatic carbocycles. The number of benzene rings is 1. The summed E-state index contributed by atoms with van der Waals surface area (Å²) in [5.74, 6) is 5.64. The molecule has 4 nitrogen and oxygen atoms in total. The molecule has 0 spiro atoms. The lowest BCUT2D eigenvalue weighted by atomic mass is 10.1. The molecule has 0 heterocycles. The van der Waals surface area contributed by atoms with Gasteiger partial charge in [-0.3, -0.25) is 10.2 Å². The number of carbonyl (C=O) groups excluding carboxylic acids is 1. The molecule has 5 heteroatoms. The minimum Gasteiger partial charge on any atom is -0.329 e. The van der Waals surface area contributed by atoms with Gasteiger partial charge in [-0.2, -0.15) is 11.8 Å². The van der Waals surface area contributed by atoms with E-state index >= 15 is 0 Å². The van der Waals surface area contributed by atoms with Crippen LogP contribution in [0.3, 0.4) is 0 Å². The van der Waals surface area contributed by atoms with E-state index in [4.69, 9.17) is 11.6 Å². The summed E-state index contributed by atoms with van der Waals surface area (Å²) in [4.78, 5) is 11.5. The van der Waals surface area contributed by atoms with Crippen LogP contribution in [0, 0.1) is 0 Å². The van der Waals surface area contributed by atoms with Crippen LogP contribution < -0.4 is 17.0 Å². The molecule has 1 rings (SSSR count). The van der Waals surface area contributed by atoms with Crippen molar-refractivity contribution in [2.75, 3.05) is 6.54 Å². The molecule has 16 heavy (non-hydrogen) atoms. The molecule has 1 aromatic rings. The van der Waals surface area contributed by atoms with Crippen molar-refractivity contribution in [2.45, 2.75) is 17.9 Å². The molecule has 5 N–H and O–H groups in total. The first-order valence-electron chi connectivity index (χ1n) is 5.09. The highest BCUT2D eigenvalue weighted by Crippen LogP contribution is 2.19. The van der Waals surface area contributed by atoms with Gasteiger partial charge in [0.2, 0.25) is 0 Å². The summed E-state index contributed by atoms with van der Waals surface area (Å²) < 4.78 is 0. The number of nitrogens with two attached hydrogens (primary N) is 2. The fourth-order valence-corrected chi connectivity index (χ4v) is 2.10. The van der Waals surface area contributed by atoms with E-state index in [0.717, 1.165) is 11.3 Å². The van der Waals surface area contributed by atoms with E-state index in [1.54, 1.807) is 17.8 Å². The van der Waals surface area contributed by atoms with Crippen molar-refractivity contribution in [3.63, 3.8) is 0 Å². The van der Waals surface area contributed by atoms with Crippen molar-refractivity contribution >= 4 is 17.7 Å². The summed E-state index contributed by atoms with van der Waals surface area (Å²) in [6.07, 6.45) is 0. The zero-order valence-electron chi connectivity index (χ0n) is 9.27. The molecular weight excluding hydrogens is 222 g/mol.